The number of hydrogen-bond donors (Lipinski definition) is 0. The van der Waals surface area contributed by atoms with Crippen LogP contribution in [0.15, 0.2) is 17.1 Å². The summed E-state index contributed by atoms with van der Waals surface area (Å²) in [5.74, 6) is 2.76. The van der Waals surface area contributed by atoms with Crippen molar-refractivity contribution in [3.05, 3.63) is 29.1 Å². The number of aromatic nitrogens is 1. The van der Waals surface area contributed by atoms with Gasteiger partial charge in [-0.15, -0.1) is 0 Å². The molecule has 0 spiro atoms. The van der Waals surface area contributed by atoms with Crippen LogP contribution < -0.4 is 0 Å². The predicted molar refractivity (Wildman–Crippen MR) is 83.7 cm³/mol. The van der Waals surface area contributed by atoms with Crippen LogP contribution >= 0.6 is 0 Å². The normalized spacial score (nSPS) is 32.2. The van der Waals surface area contributed by atoms with E-state index in [1.54, 1.807) is 0 Å². The van der Waals surface area contributed by atoms with Crippen LogP contribution in [0.1, 0.15) is 57.0 Å². The van der Waals surface area contributed by atoms with Gasteiger partial charge < -0.3 is 4.74 Å². The lowest BCUT2D eigenvalue weighted by Gasteiger charge is -2.56. The van der Waals surface area contributed by atoms with Gasteiger partial charge >= 0.3 is 0 Å². The van der Waals surface area contributed by atoms with E-state index in [0.717, 1.165) is 23.9 Å². The summed E-state index contributed by atoms with van der Waals surface area (Å²) in [4.78, 5) is 9.58. The van der Waals surface area contributed by atoms with Crippen LogP contribution in [0.3, 0.4) is 0 Å². The van der Waals surface area contributed by atoms with Crippen LogP contribution in [0.5, 0.6) is 0 Å². The highest BCUT2D eigenvalue weighted by Gasteiger charge is 2.52. The molecule has 2 bridgehead atoms. The minimum atomic E-state index is 0.283. The van der Waals surface area contributed by atoms with E-state index in [1.807, 2.05) is 0 Å². The first-order chi connectivity index (χ1) is 9.96. The first-order valence-electron chi connectivity index (χ1n) is 8.17. The van der Waals surface area contributed by atoms with Gasteiger partial charge in [-0.2, -0.15) is 0 Å². The molecule has 1 aromatic rings. The Hall–Kier alpha value is -1.38. The van der Waals surface area contributed by atoms with Crippen LogP contribution in [0.4, 0.5) is 0 Å². The third kappa shape index (κ3) is 1.86. The van der Waals surface area contributed by atoms with E-state index in [1.165, 1.54) is 17.7 Å². The van der Waals surface area contributed by atoms with Gasteiger partial charge in [0.2, 0.25) is 5.90 Å². The van der Waals surface area contributed by atoms with Gasteiger partial charge in [0.1, 0.15) is 12.3 Å². The second kappa shape index (κ2) is 4.31. The minimum Gasteiger partial charge on any atom is -0.474 e. The molecule has 3 heteroatoms. The van der Waals surface area contributed by atoms with Crippen LogP contribution in [0.25, 0.3) is 0 Å². The number of hydrogen-bond acceptors (Lipinski definition) is 3. The molecule has 21 heavy (non-hydrogen) atoms. The molecule has 0 amide bonds. The zero-order valence-electron chi connectivity index (χ0n) is 13.4. The topological polar surface area (TPSA) is 34.5 Å². The van der Waals surface area contributed by atoms with Gasteiger partial charge in [-0.1, -0.05) is 33.8 Å². The van der Waals surface area contributed by atoms with E-state index in [-0.39, 0.29) is 6.04 Å². The molecule has 0 saturated heterocycles. The Morgan fingerprint density at radius 2 is 2.10 bits per heavy atom. The molecule has 1 aliphatic heterocycles. The lowest BCUT2D eigenvalue weighted by atomic mass is 9.48. The van der Waals surface area contributed by atoms with Gasteiger partial charge in [0, 0.05) is 5.69 Å². The maximum Gasteiger partial charge on any atom is 0.235 e. The van der Waals surface area contributed by atoms with Crippen molar-refractivity contribution in [2.75, 3.05) is 6.61 Å². The lowest BCUT2D eigenvalue weighted by Crippen LogP contribution is -2.48. The van der Waals surface area contributed by atoms with E-state index in [4.69, 9.17) is 14.7 Å². The Bertz CT molecular complexity index is 618. The second-order valence-electron chi connectivity index (χ2n) is 7.80. The second-order valence-corrected chi connectivity index (χ2v) is 7.80. The van der Waals surface area contributed by atoms with E-state index < -0.39 is 0 Å². The summed E-state index contributed by atoms with van der Waals surface area (Å²) in [7, 11) is 0. The van der Waals surface area contributed by atoms with Crippen molar-refractivity contribution >= 4 is 5.90 Å². The van der Waals surface area contributed by atoms with Crippen molar-refractivity contribution in [2.45, 2.75) is 52.5 Å². The van der Waals surface area contributed by atoms with E-state index >= 15 is 0 Å². The minimum absolute atomic E-state index is 0.283. The van der Waals surface area contributed by atoms with Crippen molar-refractivity contribution < 1.29 is 4.74 Å². The molecule has 1 aromatic heterocycles. The monoisotopic (exact) mass is 284 g/mol. The third-order valence-electron chi connectivity index (χ3n) is 5.96. The summed E-state index contributed by atoms with van der Waals surface area (Å²) in [5.41, 5.74) is 4.13. The molecule has 3 nitrogen and oxygen atoms in total. The van der Waals surface area contributed by atoms with Gasteiger partial charge in [-0.3, -0.25) is 0 Å². The smallest absolute Gasteiger partial charge is 0.235 e. The summed E-state index contributed by atoms with van der Waals surface area (Å²) in [6.45, 7) is 9.89. The fraction of sp³-hybridized carbons (Fsp3) is 0.667. The average molecular weight is 284 g/mol. The van der Waals surface area contributed by atoms with Gasteiger partial charge in [-0.05, 0) is 47.6 Å². The highest BCUT2D eigenvalue weighted by molar-refractivity contribution is 5.93. The Kier molecular flexibility index (Phi) is 2.73. The van der Waals surface area contributed by atoms with Gasteiger partial charge in [-0.25, -0.2) is 9.98 Å². The van der Waals surface area contributed by atoms with Crippen molar-refractivity contribution in [3.63, 3.8) is 0 Å². The summed E-state index contributed by atoms with van der Waals surface area (Å²) in [6.07, 6.45) is 2.46. The number of pyridine rings is 1. The van der Waals surface area contributed by atoms with Crippen molar-refractivity contribution in [3.8, 4) is 0 Å². The Morgan fingerprint density at radius 1 is 1.29 bits per heavy atom. The number of rotatable bonds is 2. The molecule has 2 heterocycles. The number of ether oxygens (including phenoxy) is 1. The third-order valence-corrected chi connectivity index (χ3v) is 5.96. The van der Waals surface area contributed by atoms with Gasteiger partial charge in [0.15, 0.2) is 0 Å². The molecule has 112 valence electrons. The van der Waals surface area contributed by atoms with Crippen molar-refractivity contribution in [1.29, 1.82) is 0 Å². The molecule has 0 radical (unpaired) electrons. The largest absolute Gasteiger partial charge is 0.474 e. The molecule has 1 saturated carbocycles. The number of nitrogens with zero attached hydrogens (tertiary/aromatic N) is 2. The SMILES string of the molecule is CC(C)[C@H]1COC(c2ccc3c(n2)C[C@H]2C[C@@H]3C2(C)C)=N1. The molecule has 1 fully saturated rings. The van der Waals surface area contributed by atoms with Crippen LogP contribution in [0, 0.1) is 17.3 Å². The highest BCUT2D eigenvalue weighted by atomic mass is 16.5. The lowest BCUT2D eigenvalue weighted by molar-refractivity contribution is 0.0169. The van der Waals surface area contributed by atoms with Crippen molar-refractivity contribution in [2.24, 2.45) is 22.2 Å². The quantitative estimate of drug-likeness (QED) is 0.832. The fourth-order valence-corrected chi connectivity index (χ4v) is 4.11. The first-order valence-corrected chi connectivity index (χ1v) is 8.17. The van der Waals surface area contributed by atoms with Crippen LogP contribution in [0.2, 0.25) is 0 Å². The molecule has 4 aliphatic rings. The van der Waals surface area contributed by atoms with Gasteiger partial charge in [0.25, 0.3) is 0 Å². The van der Waals surface area contributed by atoms with E-state index in [0.29, 0.717) is 23.9 Å². The summed E-state index contributed by atoms with van der Waals surface area (Å²) >= 11 is 0. The maximum atomic E-state index is 5.77. The Morgan fingerprint density at radius 3 is 2.76 bits per heavy atom. The Labute approximate surface area is 126 Å². The molecular weight excluding hydrogens is 260 g/mol. The molecular formula is C18H24N2O. The van der Waals surface area contributed by atoms with Crippen LogP contribution in [-0.4, -0.2) is 23.5 Å². The van der Waals surface area contributed by atoms with E-state index in [9.17, 15) is 0 Å². The molecule has 3 atom stereocenters. The first kappa shape index (κ1) is 13.3. The number of aliphatic imine (C=N–C) groups is 1. The fourth-order valence-electron chi connectivity index (χ4n) is 4.11. The molecule has 0 aromatic carbocycles. The molecule has 0 N–H and O–H groups in total. The van der Waals surface area contributed by atoms with Crippen LogP contribution in [-0.2, 0) is 11.2 Å². The maximum absolute atomic E-state index is 5.77. The zero-order chi connectivity index (χ0) is 14.8. The predicted octanol–water partition coefficient (Wildman–Crippen LogP) is 3.57. The zero-order valence-corrected chi connectivity index (χ0v) is 13.4. The van der Waals surface area contributed by atoms with Gasteiger partial charge in [0.05, 0.1) is 6.04 Å². The Balaban J connectivity index is 1.65. The highest BCUT2D eigenvalue weighted by Crippen LogP contribution is 2.61. The molecule has 3 aliphatic carbocycles. The average Bonchev–Trinajstić information content (AvgIpc) is 2.95. The summed E-state index contributed by atoms with van der Waals surface area (Å²) in [6, 6.07) is 4.66. The van der Waals surface area contributed by atoms with Crippen molar-refractivity contribution in [1.82, 2.24) is 4.98 Å². The molecule has 0 unspecified atom stereocenters. The standard InChI is InChI=1S/C18H24N2O/c1-10(2)16-9-21-17(20-16)14-6-5-12-13-7-11(18(13,3)4)8-15(12)19-14/h5-6,10-11,13,16H,7-9H2,1-4H3/t11-,13+,16-/m1/s1. The summed E-state index contributed by atoms with van der Waals surface area (Å²) < 4.78 is 5.77. The molecule has 5 rings (SSSR count). The van der Waals surface area contributed by atoms with E-state index in [2.05, 4.69) is 39.8 Å². The summed E-state index contributed by atoms with van der Waals surface area (Å²) in [5, 5.41) is 0.